The fourth-order valence-electron chi connectivity index (χ4n) is 1.79. The molecule has 7 heteroatoms. The van der Waals surface area contributed by atoms with Gasteiger partial charge in [0.15, 0.2) is 0 Å². The van der Waals surface area contributed by atoms with Gasteiger partial charge in [0, 0.05) is 6.07 Å². The molecular formula is C14H11F2N3O2. The molecule has 108 valence electrons. The van der Waals surface area contributed by atoms with Gasteiger partial charge in [-0.05, 0) is 17.7 Å². The second-order valence-electron chi connectivity index (χ2n) is 4.19. The molecule has 0 saturated carbocycles. The van der Waals surface area contributed by atoms with Crippen molar-refractivity contribution in [2.75, 3.05) is 7.11 Å². The summed E-state index contributed by atoms with van der Waals surface area (Å²) in [6, 6.07) is 9.25. The minimum Gasteiger partial charge on any atom is -0.497 e. The maximum Gasteiger partial charge on any atom is 0.280 e. The van der Waals surface area contributed by atoms with E-state index < -0.39 is 17.7 Å². The average Bonchev–Trinajstić information content (AvgIpc) is 2.49. The fraction of sp³-hybridized carbons (Fsp3) is 0.214. The summed E-state index contributed by atoms with van der Waals surface area (Å²) < 4.78 is 31.2. The Hall–Kier alpha value is -2.75. The number of methoxy groups -OCH3 is 1. The van der Waals surface area contributed by atoms with E-state index in [-0.39, 0.29) is 12.4 Å². The zero-order chi connectivity index (χ0) is 15.4. The molecule has 2 rings (SSSR count). The minimum atomic E-state index is -2.89. The van der Waals surface area contributed by atoms with Gasteiger partial charge in [-0.25, -0.2) is 13.8 Å². The average molecular weight is 291 g/mol. The number of alkyl halides is 2. The van der Waals surface area contributed by atoms with Crippen molar-refractivity contribution in [3.63, 3.8) is 0 Å². The lowest BCUT2D eigenvalue weighted by molar-refractivity contribution is 0.145. The van der Waals surface area contributed by atoms with Crippen molar-refractivity contribution >= 4 is 0 Å². The van der Waals surface area contributed by atoms with Crippen LogP contribution in [0.5, 0.6) is 5.75 Å². The number of aromatic nitrogens is 2. The Morgan fingerprint density at radius 1 is 1.38 bits per heavy atom. The lowest BCUT2D eigenvalue weighted by Crippen LogP contribution is -2.25. The van der Waals surface area contributed by atoms with E-state index in [2.05, 4.69) is 4.98 Å². The summed E-state index contributed by atoms with van der Waals surface area (Å²) in [6.07, 6.45) is -2.89. The van der Waals surface area contributed by atoms with Crippen LogP contribution in [0.25, 0.3) is 0 Å². The monoisotopic (exact) mass is 291 g/mol. The normalized spacial score (nSPS) is 10.4. The van der Waals surface area contributed by atoms with Gasteiger partial charge >= 0.3 is 0 Å². The van der Waals surface area contributed by atoms with Gasteiger partial charge in [-0.1, -0.05) is 12.1 Å². The summed E-state index contributed by atoms with van der Waals surface area (Å²) in [4.78, 5) is 15.4. The largest absolute Gasteiger partial charge is 0.497 e. The Morgan fingerprint density at radius 3 is 2.57 bits per heavy atom. The lowest BCUT2D eigenvalue weighted by atomic mass is 10.2. The summed E-state index contributed by atoms with van der Waals surface area (Å²) in [5, 5.41) is 8.97. The topological polar surface area (TPSA) is 67.9 Å². The van der Waals surface area contributed by atoms with E-state index in [1.165, 1.54) is 7.11 Å². The molecule has 1 aromatic heterocycles. The molecule has 0 bridgehead atoms. The van der Waals surface area contributed by atoms with Crippen LogP contribution in [0, 0.1) is 11.3 Å². The second kappa shape index (κ2) is 6.13. The number of nitriles is 1. The number of nitrogens with zero attached hydrogens (tertiary/aromatic N) is 3. The number of benzene rings is 1. The third kappa shape index (κ3) is 3.23. The second-order valence-corrected chi connectivity index (χ2v) is 4.19. The number of halogens is 2. The first-order valence-electron chi connectivity index (χ1n) is 5.98. The molecule has 1 aromatic carbocycles. The molecule has 21 heavy (non-hydrogen) atoms. The van der Waals surface area contributed by atoms with Crippen LogP contribution in [0.1, 0.15) is 23.5 Å². The highest BCUT2D eigenvalue weighted by molar-refractivity contribution is 5.28. The van der Waals surface area contributed by atoms with Gasteiger partial charge in [-0.15, -0.1) is 0 Å². The van der Waals surface area contributed by atoms with Crippen molar-refractivity contribution < 1.29 is 13.5 Å². The van der Waals surface area contributed by atoms with E-state index in [4.69, 9.17) is 10.00 Å². The van der Waals surface area contributed by atoms with Crippen LogP contribution in [0.4, 0.5) is 8.78 Å². The molecule has 0 unspecified atom stereocenters. The first-order valence-corrected chi connectivity index (χ1v) is 5.98. The van der Waals surface area contributed by atoms with Crippen LogP contribution in [0.3, 0.4) is 0 Å². The van der Waals surface area contributed by atoms with Crippen molar-refractivity contribution in [3.8, 4) is 11.8 Å². The number of ether oxygens (including phenoxy) is 1. The molecule has 0 saturated heterocycles. The minimum absolute atomic E-state index is 0.0717. The van der Waals surface area contributed by atoms with E-state index in [1.54, 1.807) is 30.3 Å². The molecule has 0 aliphatic heterocycles. The highest BCUT2D eigenvalue weighted by atomic mass is 19.3. The molecule has 1 heterocycles. The first kappa shape index (κ1) is 14.7. The molecule has 5 nitrogen and oxygen atoms in total. The number of hydrogen-bond acceptors (Lipinski definition) is 4. The van der Waals surface area contributed by atoms with E-state index >= 15 is 0 Å². The summed E-state index contributed by atoms with van der Waals surface area (Å²) in [7, 11) is 1.53. The molecule has 0 radical (unpaired) electrons. The SMILES string of the molecule is COc1ccc(Cn2c(C#N)nc(C(F)F)cc2=O)cc1. The van der Waals surface area contributed by atoms with Crippen molar-refractivity contribution in [2.45, 2.75) is 13.0 Å². The van der Waals surface area contributed by atoms with Crippen molar-refractivity contribution in [1.82, 2.24) is 9.55 Å². The van der Waals surface area contributed by atoms with Gasteiger partial charge in [0.1, 0.15) is 17.5 Å². The Morgan fingerprint density at radius 2 is 2.05 bits per heavy atom. The maximum absolute atomic E-state index is 12.6. The maximum atomic E-state index is 12.6. The van der Waals surface area contributed by atoms with Crippen LogP contribution in [0.2, 0.25) is 0 Å². The highest BCUT2D eigenvalue weighted by Crippen LogP contribution is 2.16. The van der Waals surface area contributed by atoms with Crippen LogP contribution >= 0.6 is 0 Å². The number of hydrogen-bond donors (Lipinski definition) is 0. The van der Waals surface area contributed by atoms with E-state index in [0.717, 1.165) is 16.2 Å². The zero-order valence-electron chi connectivity index (χ0n) is 11.1. The summed E-state index contributed by atoms with van der Waals surface area (Å²) in [6.45, 7) is 0.0717. The van der Waals surface area contributed by atoms with Crippen LogP contribution < -0.4 is 10.3 Å². The standard InChI is InChI=1S/C14H11F2N3O2/c1-21-10-4-2-9(3-5-10)8-19-12(7-17)18-11(14(15)16)6-13(19)20/h2-6,14H,8H2,1H3. The van der Waals surface area contributed by atoms with E-state index in [1.807, 2.05) is 0 Å². The van der Waals surface area contributed by atoms with E-state index in [0.29, 0.717) is 5.75 Å². The van der Waals surface area contributed by atoms with Gasteiger partial charge in [-0.2, -0.15) is 5.26 Å². The Balaban J connectivity index is 2.39. The molecule has 0 aliphatic carbocycles. The predicted octanol–water partition coefficient (Wildman–Crippen LogP) is 2.11. The molecule has 2 aromatic rings. The van der Waals surface area contributed by atoms with E-state index in [9.17, 15) is 13.6 Å². The van der Waals surface area contributed by atoms with Crippen molar-refractivity contribution in [2.24, 2.45) is 0 Å². The molecule has 0 amide bonds. The van der Waals surface area contributed by atoms with Crippen molar-refractivity contribution in [3.05, 3.63) is 57.8 Å². The first-order chi connectivity index (χ1) is 10.0. The van der Waals surface area contributed by atoms with Crippen LogP contribution in [-0.2, 0) is 6.54 Å². The Labute approximate surface area is 119 Å². The van der Waals surface area contributed by atoms with Crippen LogP contribution in [-0.4, -0.2) is 16.7 Å². The molecule has 0 spiro atoms. The number of rotatable bonds is 4. The lowest BCUT2D eigenvalue weighted by Gasteiger charge is -2.09. The molecule has 0 aliphatic rings. The van der Waals surface area contributed by atoms with Crippen LogP contribution in [0.15, 0.2) is 35.1 Å². The molecule has 0 atom stereocenters. The van der Waals surface area contributed by atoms with Gasteiger partial charge in [0.2, 0.25) is 5.82 Å². The highest BCUT2D eigenvalue weighted by Gasteiger charge is 2.15. The fourth-order valence-corrected chi connectivity index (χ4v) is 1.79. The van der Waals surface area contributed by atoms with Crippen molar-refractivity contribution in [1.29, 1.82) is 5.26 Å². The summed E-state index contributed by atoms with van der Waals surface area (Å²) >= 11 is 0. The Bertz CT molecular complexity index is 733. The third-order valence-corrected chi connectivity index (χ3v) is 2.85. The third-order valence-electron chi connectivity index (χ3n) is 2.85. The smallest absolute Gasteiger partial charge is 0.280 e. The van der Waals surface area contributed by atoms with Gasteiger partial charge in [0.25, 0.3) is 12.0 Å². The summed E-state index contributed by atoms with van der Waals surface area (Å²) in [5.41, 5.74) is -0.656. The van der Waals surface area contributed by atoms with Gasteiger partial charge < -0.3 is 4.74 Å². The molecule has 0 N–H and O–H groups in total. The van der Waals surface area contributed by atoms with Gasteiger partial charge in [0.05, 0.1) is 13.7 Å². The summed E-state index contributed by atoms with van der Waals surface area (Å²) in [5.74, 6) is 0.311. The Kier molecular flexibility index (Phi) is 4.28. The predicted molar refractivity (Wildman–Crippen MR) is 70.3 cm³/mol. The van der Waals surface area contributed by atoms with Gasteiger partial charge in [-0.3, -0.25) is 9.36 Å². The molecular weight excluding hydrogens is 280 g/mol. The molecule has 0 fully saturated rings. The zero-order valence-corrected chi connectivity index (χ0v) is 11.1. The quantitative estimate of drug-likeness (QED) is 0.865.